The highest BCUT2D eigenvalue weighted by atomic mass is 32.2. The zero-order chi connectivity index (χ0) is 15.0. The van der Waals surface area contributed by atoms with Gasteiger partial charge in [-0.25, -0.2) is 17.4 Å². The number of nitrogens with zero attached hydrogens (tertiary/aromatic N) is 2. The number of hydrogen-bond donors (Lipinski definition) is 0. The second-order valence-electron chi connectivity index (χ2n) is 4.95. The fraction of sp³-hybridized carbons (Fsp3) is 0.188. The van der Waals surface area contributed by atoms with Crippen LogP contribution in [0.2, 0.25) is 0 Å². The van der Waals surface area contributed by atoms with Gasteiger partial charge in [0.15, 0.2) is 0 Å². The van der Waals surface area contributed by atoms with Crippen molar-refractivity contribution in [1.29, 1.82) is 0 Å². The molecule has 0 bridgehead atoms. The lowest BCUT2D eigenvalue weighted by atomic mass is 10.2. The molecule has 3 aromatic rings. The van der Waals surface area contributed by atoms with Gasteiger partial charge in [0.25, 0.3) is 10.0 Å². The van der Waals surface area contributed by atoms with Gasteiger partial charge in [0, 0.05) is 6.42 Å². The second-order valence-corrected chi connectivity index (χ2v) is 6.74. The molecule has 3 rings (SSSR count). The minimum atomic E-state index is -3.63. The smallest absolute Gasteiger partial charge is 0.232 e. The Labute approximate surface area is 124 Å². The quantitative estimate of drug-likeness (QED) is 0.746. The Bertz CT molecular complexity index is 894. The predicted octanol–water partition coefficient (Wildman–Crippen LogP) is 3.14. The molecule has 0 saturated carbocycles. The normalized spacial score (nSPS) is 11.9. The van der Waals surface area contributed by atoms with Crippen molar-refractivity contribution < 1.29 is 8.42 Å². The minimum Gasteiger partial charge on any atom is -0.232 e. The fourth-order valence-corrected chi connectivity index (χ4v) is 3.91. The summed E-state index contributed by atoms with van der Waals surface area (Å²) in [7, 11) is -3.63. The van der Waals surface area contributed by atoms with Crippen LogP contribution in [0.1, 0.15) is 18.3 Å². The first-order valence-electron chi connectivity index (χ1n) is 6.82. The Morgan fingerprint density at radius 2 is 1.71 bits per heavy atom. The molecule has 0 amide bonds. The first-order chi connectivity index (χ1) is 10.0. The van der Waals surface area contributed by atoms with E-state index in [1.807, 2.05) is 32.0 Å². The van der Waals surface area contributed by atoms with E-state index in [0.29, 0.717) is 23.3 Å². The van der Waals surface area contributed by atoms with E-state index >= 15 is 0 Å². The maximum Gasteiger partial charge on any atom is 0.269 e. The van der Waals surface area contributed by atoms with Gasteiger partial charge in [-0.3, -0.25) is 0 Å². The Kier molecular flexibility index (Phi) is 3.29. The van der Waals surface area contributed by atoms with E-state index in [1.165, 1.54) is 3.97 Å². The van der Waals surface area contributed by atoms with Crippen molar-refractivity contribution >= 4 is 21.1 Å². The van der Waals surface area contributed by atoms with Crippen molar-refractivity contribution in [2.45, 2.75) is 25.2 Å². The van der Waals surface area contributed by atoms with Gasteiger partial charge < -0.3 is 0 Å². The summed E-state index contributed by atoms with van der Waals surface area (Å²) in [5.74, 6) is 0.553. The van der Waals surface area contributed by atoms with Crippen molar-refractivity contribution in [2.24, 2.45) is 0 Å². The van der Waals surface area contributed by atoms with Gasteiger partial charge in [-0.2, -0.15) is 0 Å². The maximum absolute atomic E-state index is 12.9. The Hall–Kier alpha value is -2.14. The fourth-order valence-electron chi connectivity index (χ4n) is 2.36. The SMILES string of the molecule is CCc1nc2ccccc2n1S(=O)(=O)c1ccc(C)cc1. The molecule has 0 fully saturated rings. The third-order valence-corrected chi connectivity index (χ3v) is 5.22. The van der Waals surface area contributed by atoms with Gasteiger partial charge in [0.05, 0.1) is 15.9 Å². The molecule has 21 heavy (non-hydrogen) atoms. The number of aryl methyl sites for hydroxylation is 2. The van der Waals surface area contributed by atoms with E-state index in [9.17, 15) is 8.42 Å². The van der Waals surface area contributed by atoms with Crippen LogP contribution in [0.25, 0.3) is 11.0 Å². The van der Waals surface area contributed by atoms with E-state index in [4.69, 9.17) is 0 Å². The van der Waals surface area contributed by atoms with Crippen LogP contribution in [0.5, 0.6) is 0 Å². The number of benzene rings is 2. The van der Waals surface area contributed by atoms with Crippen LogP contribution < -0.4 is 0 Å². The molecule has 5 heteroatoms. The average molecular weight is 300 g/mol. The summed E-state index contributed by atoms with van der Waals surface area (Å²) in [5.41, 5.74) is 2.35. The monoisotopic (exact) mass is 300 g/mol. The third kappa shape index (κ3) is 2.23. The number of rotatable bonds is 3. The summed E-state index contributed by atoms with van der Waals surface area (Å²) >= 11 is 0. The lowest BCUT2D eigenvalue weighted by Crippen LogP contribution is -2.15. The summed E-state index contributed by atoms with van der Waals surface area (Å²) in [4.78, 5) is 4.71. The third-order valence-electron chi connectivity index (χ3n) is 3.46. The zero-order valence-electron chi connectivity index (χ0n) is 11.9. The number of hydrogen-bond acceptors (Lipinski definition) is 3. The van der Waals surface area contributed by atoms with Crippen molar-refractivity contribution in [1.82, 2.24) is 8.96 Å². The van der Waals surface area contributed by atoms with Crippen LogP contribution in [0.3, 0.4) is 0 Å². The molecule has 0 radical (unpaired) electrons. The van der Waals surface area contributed by atoms with Crippen molar-refractivity contribution in [3.05, 3.63) is 59.9 Å². The molecular weight excluding hydrogens is 284 g/mol. The van der Waals surface area contributed by atoms with Crippen LogP contribution in [0, 0.1) is 6.92 Å². The molecule has 0 spiro atoms. The molecule has 0 unspecified atom stereocenters. The lowest BCUT2D eigenvalue weighted by molar-refractivity contribution is 0.586. The molecule has 0 aliphatic rings. The molecule has 0 saturated heterocycles. The first kappa shape index (κ1) is 13.8. The first-order valence-corrected chi connectivity index (χ1v) is 8.26. The molecule has 0 atom stereocenters. The molecule has 0 aliphatic heterocycles. The van der Waals surface area contributed by atoms with E-state index in [1.54, 1.807) is 30.3 Å². The summed E-state index contributed by atoms with van der Waals surface area (Å²) in [6.45, 7) is 3.84. The molecule has 0 N–H and O–H groups in total. The Morgan fingerprint density at radius 1 is 1.05 bits per heavy atom. The van der Waals surface area contributed by atoms with Gasteiger partial charge >= 0.3 is 0 Å². The van der Waals surface area contributed by atoms with Crippen molar-refractivity contribution in [3.63, 3.8) is 0 Å². The molecule has 0 aliphatic carbocycles. The van der Waals surface area contributed by atoms with Crippen LogP contribution in [0.15, 0.2) is 53.4 Å². The van der Waals surface area contributed by atoms with Crippen LogP contribution in [-0.4, -0.2) is 17.4 Å². The van der Waals surface area contributed by atoms with Gasteiger partial charge in [0.1, 0.15) is 5.82 Å². The lowest BCUT2D eigenvalue weighted by Gasteiger charge is -2.10. The Balaban J connectivity index is 2.30. The highest BCUT2D eigenvalue weighted by molar-refractivity contribution is 7.90. The Morgan fingerprint density at radius 3 is 2.38 bits per heavy atom. The topological polar surface area (TPSA) is 52.0 Å². The molecule has 108 valence electrons. The summed E-state index contributed by atoms with van der Waals surface area (Å²) in [6, 6.07) is 14.2. The predicted molar refractivity (Wildman–Crippen MR) is 82.9 cm³/mol. The largest absolute Gasteiger partial charge is 0.269 e. The van der Waals surface area contributed by atoms with Gasteiger partial charge in [-0.05, 0) is 31.2 Å². The number of aromatic nitrogens is 2. The maximum atomic E-state index is 12.9. The molecule has 4 nitrogen and oxygen atoms in total. The van der Waals surface area contributed by atoms with E-state index < -0.39 is 10.0 Å². The van der Waals surface area contributed by atoms with Gasteiger partial charge in [-0.15, -0.1) is 0 Å². The van der Waals surface area contributed by atoms with E-state index in [-0.39, 0.29) is 4.90 Å². The highest BCUT2D eigenvalue weighted by Crippen LogP contribution is 2.23. The molecule has 2 aromatic carbocycles. The standard InChI is InChI=1S/C16H16N2O2S/c1-3-16-17-14-6-4-5-7-15(14)18(16)21(19,20)13-10-8-12(2)9-11-13/h4-11H,3H2,1-2H3. The molecular formula is C16H16N2O2S. The van der Waals surface area contributed by atoms with Gasteiger partial charge in [0.2, 0.25) is 0 Å². The highest BCUT2D eigenvalue weighted by Gasteiger charge is 2.23. The van der Waals surface area contributed by atoms with E-state index in [2.05, 4.69) is 4.98 Å². The van der Waals surface area contributed by atoms with Crippen molar-refractivity contribution in [2.75, 3.05) is 0 Å². The van der Waals surface area contributed by atoms with Crippen LogP contribution in [-0.2, 0) is 16.4 Å². The minimum absolute atomic E-state index is 0.283. The summed E-state index contributed by atoms with van der Waals surface area (Å²) < 4.78 is 27.2. The zero-order valence-corrected chi connectivity index (χ0v) is 12.8. The molecule has 1 heterocycles. The number of fused-ring (bicyclic) bond motifs is 1. The summed E-state index contributed by atoms with van der Waals surface area (Å²) in [5, 5.41) is 0. The van der Waals surface area contributed by atoms with E-state index in [0.717, 1.165) is 5.56 Å². The van der Waals surface area contributed by atoms with Gasteiger partial charge in [-0.1, -0.05) is 36.8 Å². The van der Waals surface area contributed by atoms with Crippen LogP contribution >= 0.6 is 0 Å². The summed E-state index contributed by atoms with van der Waals surface area (Å²) in [6.07, 6.45) is 0.555. The molecule has 1 aromatic heterocycles. The second kappa shape index (κ2) is 5.00. The average Bonchev–Trinajstić information content (AvgIpc) is 2.87. The van der Waals surface area contributed by atoms with Crippen molar-refractivity contribution in [3.8, 4) is 0 Å². The number of para-hydroxylation sites is 2. The number of imidazole rings is 1. The van der Waals surface area contributed by atoms with Crippen LogP contribution in [0.4, 0.5) is 0 Å².